The first-order valence-corrected chi connectivity index (χ1v) is 11.0. The predicted octanol–water partition coefficient (Wildman–Crippen LogP) is 2.33. The van der Waals surface area contributed by atoms with Crippen molar-refractivity contribution in [2.24, 2.45) is 11.1 Å². The largest absolute Gasteiger partial charge is 0.349 e. The molecule has 0 aliphatic carbocycles. The fourth-order valence-electron chi connectivity index (χ4n) is 3.15. The molecule has 28 heavy (non-hydrogen) atoms. The lowest BCUT2D eigenvalue weighted by Gasteiger charge is -2.19. The van der Waals surface area contributed by atoms with Gasteiger partial charge in [-0.05, 0) is 42.8 Å². The predicted molar refractivity (Wildman–Crippen MR) is 109 cm³/mol. The maximum Gasteiger partial charge on any atom is 0.238 e. The SMILES string of the molecule is CC(NC(=O)C1CC(=O)N(c2cccc(Br)c2)C1)c1cccc(S(N)(=O)=O)c1. The normalized spacial score (nSPS) is 18.2. The van der Waals surface area contributed by atoms with Crippen LogP contribution in [0.4, 0.5) is 5.69 Å². The lowest BCUT2D eigenvalue weighted by Crippen LogP contribution is -2.34. The Morgan fingerprint density at radius 1 is 1.25 bits per heavy atom. The van der Waals surface area contributed by atoms with Crippen molar-refractivity contribution in [1.82, 2.24) is 5.32 Å². The number of carbonyl (C=O) groups is 2. The van der Waals surface area contributed by atoms with Gasteiger partial charge in [-0.25, -0.2) is 13.6 Å². The van der Waals surface area contributed by atoms with Crippen LogP contribution in [-0.4, -0.2) is 26.8 Å². The van der Waals surface area contributed by atoms with Gasteiger partial charge >= 0.3 is 0 Å². The van der Waals surface area contributed by atoms with E-state index in [1.807, 2.05) is 24.3 Å². The molecule has 2 aromatic rings. The van der Waals surface area contributed by atoms with E-state index in [2.05, 4.69) is 21.2 Å². The van der Waals surface area contributed by atoms with Crippen LogP contribution in [0, 0.1) is 5.92 Å². The number of nitrogens with zero attached hydrogens (tertiary/aromatic N) is 1. The molecule has 1 fully saturated rings. The van der Waals surface area contributed by atoms with Crippen LogP contribution in [0.2, 0.25) is 0 Å². The van der Waals surface area contributed by atoms with Crippen molar-refractivity contribution in [2.45, 2.75) is 24.3 Å². The molecule has 3 rings (SSSR count). The number of amides is 2. The Morgan fingerprint density at radius 2 is 1.96 bits per heavy atom. The standard InChI is InChI=1S/C19H20BrN3O4S/c1-12(13-4-2-7-17(8-13)28(21,26)27)22-19(25)14-9-18(24)23(11-14)16-6-3-5-15(20)10-16/h2-8,10,12,14H,9,11H2,1H3,(H,22,25)(H2,21,26,27). The van der Waals surface area contributed by atoms with Crippen LogP contribution in [0.5, 0.6) is 0 Å². The van der Waals surface area contributed by atoms with E-state index in [-0.39, 0.29) is 23.1 Å². The first kappa shape index (κ1) is 20.5. The molecule has 2 atom stereocenters. The van der Waals surface area contributed by atoms with Crippen molar-refractivity contribution in [3.05, 3.63) is 58.6 Å². The molecular formula is C19H20BrN3O4S. The quantitative estimate of drug-likeness (QED) is 0.705. The number of hydrogen-bond donors (Lipinski definition) is 2. The summed E-state index contributed by atoms with van der Waals surface area (Å²) in [7, 11) is -3.82. The van der Waals surface area contributed by atoms with E-state index in [1.165, 1.54) is 12.1 Å². The number of primary sulfonamides is 1. The van der Waals surface area contributed by atoms with Crippen molar-refractivity contribution in [2.75, 3.05) is 11.4 Å². The van der Waals surface area contributed by atoms with E-state index < -0.39 is 22.0 Å². The molecule has 1 saturated heterocycles. The molecule has 1 aliphatic rings. The lowest BCUT2D eigenvalue weighted by molar-refractivity contribution is -0.126. The van der Waals surface area contributed by atoms with E-state index in [1.54, 1.807) is 24.0 Å². The minimum Gasteiger partial charge on any atom is -0.349 e. The summed E-state index contributed by atoms with van der Waals surface area (Å²) in [6.07, 6.45) is 0.127. The number of nitrogens with one attached hydrogen (secondary N) is 1. The van der Waals surface area contributed by atoms with E-state index in [0.717, 1.165) is 10.2 Å². The Kier molecular flexibility index (Phi) is 5.87. The third-order valence-electron chi connectivity index (χ3n) is 4.66. The molecule has 2 aromatic carbocycles. The highest BCUT2D eigenvalue weighted by Gasteiger charge is 2.35. The van der Waals surface area contributed by atoms with Gasteiger partial charge in [-0.1, -0.05) is 34.1 Å². The number of anilines is 1. The minimum absolute atomic E-state index is 0.0111. The molecule has 7 nitrogen and oxygen atoms in total. The van der Waals surface area contributed by atoms with Crippen LogP contribution >= 0.6 is 15.9 Å². The Morgan fingerprint density at radius 3 is 2.64 bits per heavy atom. The first-order chi connectivity index (χ1) is 13.1. The fourth-order valence-corrected chi connectivity index (χ4v) is 4.11. The van der Waals surface area contributed by atoms with Crippen molar-refractivity contribution < 1.29 is 18.0 Å². The molecule has 3 N–H and O–H groups in total. The molecular weight excluding hydrogens is 446 g/mol. The van der Waals surface area contributed by atoms with Gasteiger partial charge in [0, 0.05) is 23.1 Å². The molecule has 2 unspecified atom stereocenters. The summed E-state index contributed by atoms with van der Waals surface area (Å²) in [6, 6.07) is 13.1. The van der Waals surface area contributed by atoms with Gasteiger partial charge < -0.3 is 10.2 Å². The second-order valence-corrected chi connectivity index (χ2v) is 9.21. The van der Waals surface area contributed by atoms with Gasteiger partial charge in [0.1, 0.15) is 0 Å². The average Bonchev–Trinajstić information content (AvgIpc) is 3.03. The minimum atomic E-state index is -3.82. The van der Waals surface area contributed by atoms with Gasteiger partial charge in [-0.2, -0.15) is 0 Å². The first-order valence-electron chi connectivity index (χ1n) is 8.64. The Bertz CT molecular complexity index is 1030. The van der Waals surface area contributed by atoms with Gasteiger partial charge in [0.05, 0.1) is 16.9 Å². The monoisotopic (exact) mass is 465 g/mol. The van der Waals surface area contributed by atoms with E-state index in [9.17, 15) is 18.0 Å². The second-order valence-electron chi connectivity index (χ2n) is 6.73. The summed E-state index contributed by atoms with van der Waals surface area (Å²) < 4.78 is 23.9. The van der Waals surface area contributed by atoms with Gasteiger partial charge in [0.15, 0.2) is 0 Å². The number of benzene rings is 2. The maximum atomic E-state index is 12.7. The number of rotatable bonds is 5. The van der Waals surface area contributed by atoms with Crippen LogP contribution in [0.15, 0.2) is 57.9 Å². The van der Waals surface area contributed by atoms with Gasteiger partial charge in [-0.15, -0.1) is 0 Å². The van der Waals surface area contributed by atoms with Crippen molar-refractivity contribution in [1.29, 1.82) is 0 Å². The summed E-state index contributed by atoms with van der Waals surface area (Å²) in [5.74, 6) is -0.836. The summed E-state index contributed by atoms with van der Waals surface area (Å²) >= 11 is 3.38. The van der Waals surface area contributed by atoms with Crippen molar-refractivity contribution in [3.8, 4) is 0 Å². The van der Waals surface area contributed by atoms with Crippen LogP contribution in [0.3, 0.4) is 0 Å². The zero-order valence-corrected chi connectivity index (χ0v) is 17.5. The van der Waals surface area contributed by atoms with E-state index in [4.69, 9.17) is 5.14 Å². The van der Waals surface area contributed by atoms with Crippen molar-refractivity contribution >= 4 is 43.5 Å². The summed E-state index contributed by atoms with van der Waals surface area (Å²) in [6.45, 7) is 2.05. The Hall–Kier alpha value is -2.23. The Balaban J connectivity index is 1.69. The molecule has 0 spiro atoms. The number of nitrogens with two attached hydrogens (primary N) is 1. The van der Waals surface area contributed by atoms with Crippen LogP contribution in [0.25, 0.3) is 0 Å². The molecule has 9 heteroatoms. The zero-order valence-electron chi connectivity index (χ0n) is 15.1. The second kappa shape index (κ2) is 8.02. The highest BCUT2D eigenvalue weighted by atomic mass is 79.9. The third kappa shape index (κ3) is 4.60. The number of sulfonamides is 1. The smallest absolute Gasteiger partial charge is 0.238 e. The number of hydrogen-bond acceptors (Lipinski definition) is 4. The summed E-state index contributed by atoms with van der Waals surface area (Å²) in [5, 5.41) is 8.02. The fraction of sp³-hybridized carbons (Fsp3) is 0.263. The van der Waals surface area contributed by atoms with Gasteiger partial charge in [-0.3, -0.25) is 9.59 Å². The zero-order chi connectivity index (χ0) is 20.5. The van der Waals surface area contributed by atoms with Crippen molar-refractivity contribution in [3.63, 3.8) is 0 Å². The molecule has 0 bridgehead atoms. The van der Waals surface area contributed by atoms with Gasteiger partial charge in [0.2, 0.25) is 21.8 Å². The molecule has 148 valence electrons. The van der Waals surface area contributed by atoms with Gasteiger partial charge in [0.25, 0.3) is 0 Å². The highest BCUT2D eigenvalue weighted by molar-refractivity contribution is 9.10. The molecule has 0 saturated carbocycles. The molecule has 0 aromatic heterocycles. The van der Waals surface area contributed by atoms with Crippen LogP contribution < -0.4 is 15.4 Å². The molecule has 1 aliphatic heterocycles. The average molecular weight is 466 g/mol. The molecule has 2 amide bonds. The van der Waals surface area contributed by atoms with Crippen LogP contribution in [-0.2, 0) is 19.6 Å². The van der Waals surface area contributed by atoms with E-state index in [0.29, 0.717) is 12.1 Å². The summed E-state index contributed by atoms with van der Waals surface area (Å²) in [5.41, 5.74) is 1.36. The topological polar surface area (TPSA) is 110 Å². The number of carbonyl (C=O) groups excluding carboxylic acids is 2. The van der Waals surface area contributed by atoms with Crippen LogP contribution in [0.1, 0.15) is 24.9 Å². The summed E-state index contributed by atoms with van der Waals surface area (Å²) in [4.78, 5) is 26.6. The maximum absolute atomic E-state index is 12.7. The molecule has 1 heterocycles. The highest BCUT2D eigenvalue weighted by Crippen LogP contribution is 2.28. The molecule has 0 radical (unpaired) electrons. The third-order valence-corrected chi connectivity index (χ3v) is 6.07. The number of halogens is 1. The lowest BCUT2D eigenvalue weighted by atomic mass is 10.1. The van der Waals surface area contributed by atoms with E-state index >= 15 is 0 Å². The Labute approximate surface area is 172 Å².